The van der Waals surface area contributed by atoms with Crippen LogP contribution in [0.3, 0.4) is 0 Å². The van der Waals surface area contributed by atoms with Crippen molar-refractivity contribution in [1.82, 2.24) is 0 Å². The van der Waals surface area contributed by atoms with Gasteiger partial charge in [-0.15, -0.1) is 0 Å². The Hall–Kier alpha value is 1.85. The van der Waals surface area contributed by atoms with Crippen molar-refractivity contribution in [1.29, 1.82) is 0 Å². The van der Waals surface area contributed by atoms with E-state index in [2.05, 4.69) is 0 Å². The molecule has 0 fully saturated rings. The van der Waals surface area contributed by atoms with E-state index in [1.54, 1.807) is 0 Å². The standard InChI is InChI=1S/4ClH.Mo/h4*1H;/p-4. The van der Waals surface area contributed by atoms with Crippen molar-refractivity contribution in [3.05, 3.63) is 0 Å². The Morgan fingerprint density at radius 2 is 0.400 bits per heavy atom. The molecule has 0 aromatic carbocycles. The zero-order chi connectivity index (χ0) is 0. The third-order valence-electron chi connectivity index (χ3n) is 0. The van der Waals surface area contributed by atoms with Gasteiger partial charge in [-0.2, -0.15) is 0 Å². The van der Waals surface area contributed by atoms with E-state index in [9.17, 15) is 0 Å². The molecule has 38 valence electrons. The fourth-order valence-corrected chi connectivity index (χ4v) is 0. The second-order valence-electron chi connectivity index (χ2n) is 0. The largest absolute Gasteiger partial charge is 1.00 e. The van der Waals surface area contributed by atoms with E-state index in [0.29, 0.717) is 0 Å². The Kier molecular flexibility index (Phi) is 552. The van der Waals surface area contributed by atoms with E-state index in [1.807, 2.05) is 0 Å². The molecule has 0 rings (SSSR count). The fraction of sp³-hybridized carbons (Fsp3) is 0. The summed E-state index contributed by atoms with van der Waals surface area (Å²) in [6.07, 6.45) is 0. The predicted molar refractivity (Wildman–Crippen MR) is 0 cm³/mol. The summed E-state index contributed by atoms with van der Waals surface area (Å²) < 4.78 is 0. The van der Waals surface area contributed by atoms with E-state index in [1.165, 1.54) is 0 Å². The Morgan fingerprint density at radius 3 is 0.400 bits per heavy atom. The molecule has 0 aromatic rings. The smallest absolute Gasteiger partial charge is 0 e. The molecule has 5 heteroatoms. The van der Waals surface area contributed by atoms with Crippen molar-refractivity contribution in [2.24, 2.45) is 0 Å². The molecule has 0 heterocycles. The van der Waals surface area contributed by atoms with Crippen LogP contribution in [0.1, 0.15) is 0 Å². The van der Waals surface area contributed by atoms with Gasteiger partial charge < -0.3 is 49.6 Å². The number of hydrogen-bond donors (Lipinski definition) is 0. The van der Waals surface area contributed by atoms with Gasteiger partial charge in [-0.1, -0.05) is 0 Å². The molecule has 0 aliphatic rings. The van der Waals surface area contributed by atoms with E-state index >= 15 is 0 Å². The van der Waals surface area contributed by atoms with Crippen LogP contribution >= 0.6 is 0 Å². The van der Waals surface area contributed by atoms with Gasteiger partial charge >= 0.3 is 0 Å². The SMILES string of the molecule is [Cl-].[Cl-].[Cl-].[Cl-].[Mo]. The molecule has 0 saturated carbocycles. The first-order chi connectivity index (χ1) is 0. The van der Waals surface area contributed by atoms with Crippen molar-refractivity contribution < 1.29 is 70.7 Å². The average Bonchev–Trinajstić information content (AvgIpc) is 0. The van der Waals surface area contributed by atoms with Crippen LogP contribution < -0.4 is 49.6 Å². The van der Waals surface area contributed by atoms with Gasteiger partial charge in [-0.05, 0) is 0 Å². The monoisotopic (exact) mass is 238 g/mol. The van der Waals surface area contributed by atoms with E-state index in [0.717, 1.165) is 0 Å². The molecular weight excluding hydrogens is 238 g/mol. The van der Waals surface area contributed by atoms with Crippen molar-refractivity contribution in [3.63, 3.8) is 0 Å². The minimum atomic E-state index is 0. The molecule has 0 aliphatic carbocycles. The van der Waals surface area contributed by atoms with Crippen LogP contribution in [0.4, 0.5) is 0 Å². The summed E-state index contributed by atoms with van der Waals surface area (Å²) in [4.78, 5) is 0. The maximum atomic E-state index is 0. The van der Waals surface area contributed by atoms with E-state index in [-0.39, 0.29) is 70.7 Å². The molecular formula is Cl4Mo-4. The zero-order valence-electron chi connectivity index (χ0n) is 1.92. The summed E-state index contributed by atoms with van der Waals surface area (Å²) in [5.74, 6) is 0. The second-order valence-corrected chi connectivity index (χ2v) is 0. The number of halogens is 4. The molecule has 0 radical (unpaired) electrons. The average molecular weight is 238 g/mol. The van der Waals surface area contributed by atoms with Crippen LogP contribution in [0.25, 0.3) is 0 Å². The van der Waals surface area contributed by atoms with Crippen molar-refractivity contribution in [2.75, 3.05) is 0 Å². The van der Waals surface area contributed by atoms with Crippen LogP contribution in [0.2, 0.25) is 0 Å². The molecule has 0 bridgehead atoms. The van der Waals surface area contributed by atoms with Gasteiger partial charge in [0.15, 0.2) is 0 Å². The van der Waals surface area contributed by atoms with Crippen molar-refractivity contribution >= 4 is 0 Å². The molecule has 0 saturated heterocycles. The Labute approximate surface area is 70.4 Å². The van der Waals surface area contributed by atoms with Crippen LogP contribution in [0.15, 0.2) is 0 Å². The molecule has 0 N–H and O–H groups in total. The minimum absolute atomic E-state index is 0. The van der Waals surface area contributed by atoms with Crippen LogP contribution in [0, 0.1) is 0 Å². The summed E-state index contributed by atoms with van der Waals surface area (Å²) in [7, 11) is 0. The van der Waals surface area contributed by atoms with Crippen molar-refractivity contribution in [3.8, 4) is 0 Å². The Morgan fingerprint density at radius 1 is 0.400 bits per heavy atom. The van der Waals surface area contributed by atoms with Gasteiger partial charge in [0.05, 0.1) is 0 Å². The van der Waals surface area contributed by atoms with Gasteiger partial charge in [0.25, 0.3) is 0 Å². The molecule has 0 spiro atoms. The summed E-state index contributed by atoms with van der Waals surface area (Å²) >= 11 is 0. The van der Waals surface area contributed by atoms with Crippen molar-refractivity contribution in [2.45, 2.75) is 0 Å². The van der Waals surface area contributed by atoms with E-state index < -0.39 is 0 Å². The first-order valence-electron chi connectivity index (χ1n) is 0. The van der Waals surface area contributed by atoms with Gasteiger partial charge in [-0.25, -0.2) is 0 Å². The zero-order valence-corrected chi connectivity index (χ0v) is 6.95. The number of hydrogen-bond acceptors (Lipinski definition) is 0. The Bertz CT molecular complexity index is 3.61. The topological polar surface area (TPSA) is 0 Å². The third kappa shape index (κ3) is 25.4. The van der Waals surface area contributed by atoms with Gasteiger partial charge in [-0.3, -0.25) is 0 Å². The third-order valence-corrected chi connectivity index (χ3v) is 0. The summed E-state index contributed by atoms with van der Waals surface area (Å²) in [5, 5.41) is 0. The molecule has 0 unspecified atom stereocenters. The molecule has 0 nitrogen and oxygen atoms in total. The maximum absolute atomic E-state index is 0. The fourth-order valence-electron chi connectivity index (χ4n) is 0. The van der Waals surface area contributed by atoms with Crippen LogP contribution in [-0.2, 0) is 21.1 Å². The molecule has 0 aromatic heterocycles. The number of rotatable bonds is 0. The quantitative estimate of drug-likeness (QED) is 0.367. The normalized spacial score (nSPS) is 0. The van der Waals surface area contributed by atoms with E-state index in [4.69, 9.17) is 0 Å². The Balaban J connectivity index is 0. The predicted octanol–water partition coefficient (Wildman–Crippen LogP) is -12.0. The van der Waals surface area contributed by atoms with Crippen LogP contribution in [0.5, 0.6) is 0 Å². The molecule has 0 atom stereocenters. The first-order valence-corrected chi connectivity index (χ1v) is 0. The summed E-state index contributed by atoms with van der Waals surface area (Å²) in [6, 6.07) is 0. The summed E-state index contributed by atoms with van der Waals surface area (Å²) in [5.41, 5.74) is 0. The molecule has 5 heavy (non-hydrogen) atoms. The van der Waals surface area contributed by atoms with Gasteiger partial charge in [0.1, 0.15) is 0 Å². The van der Waals surface area contributed by atoms with Crippen LogP contribution in [-0.4, -0.2) is 0 Å². The van der Waals surface area contributed by atoms with Gasteiger partial charge in [0, 0.05) is 21.1 Å². The molecule has 0 aliphatic heterocycles. The second kappa shape index (κ2) is 40.2. The molecule has 0 amide bonds. The minimum Gasteiger partial charge on any atom is -1.00 e. The summed E-state index contributed by atoms with van der Waals surface area (Å²) in [6.45, 7) is 0. The maximum Gasteiger partial charge on any atom is 0 e. The first kappa shape index (κ1) is 68.6. The van der Waals surface area contributed by atoms with Gasteiger partial charge in [0.2, 0.25) is 0 Å².